The number of esters is 1. The quantitative estimate of drug-likeness (QED) is 0.583. The fourth-order valence-corrected chi connectivity index (χ4v) is 1.95. The average Bonchev–Trinajstić information content (AvgIpc) is 2.58. The van der Waals surface area contributed by atoms with Crippen molar-refractivity contribution in [3.63, 3.8) is 0 Å². The molecule has 0 saturated heterocycles. The van der Waals surface area contributed by atoms with Crippen LogP contribution in [0.1, 0.15) is 20.7 Å². The van der Waals surface area contributed by atoms with Crippen LogP contribution in [0.4, 0.5) is 4.39 Å². The number of methoxy groups -OCH3 is 1. The molecule has 1 aromatic carbocycles. The molecule has 1 unspecified atom stereocenters. The molecule has 1 aliphatic heterocycles. The Bertz CT molecular complexity index is 419. The topological polar surface area (TPSA) is 35.5 Å². The van der Waals surface area contributed by atoms with Crippen LogP contribution in [0.25, 0.3) is 0 Å². The van der Waals surface area contributed by atoms with Gasteiger partial charge in [-0.3, -0.25) is 0 Å². The zero-order chi connectivity index (χ0) is 11.0. The second-order valence-electron chi connectivity index (χ2n) is 3.14. The molecule has 0 radical (unpaired) electrons. The van der Waals surface area contributed by atoms with Crippen LogP contribution in [-0.4, -0.2) is 19.7 Å². The molecule has 1 aromatic rings. The van der Waals surface area contributed by atoms with Gasteiger partial charge in [0, 0.05) is 11.6 Å². The third-order valence-corrected chi connectivity index (χ3v) is 2.98. The number of rotatable bonds is 1. The van der Waals surface area contributed by atoms with E-state index in [4.69, 9.17) is 4.74 Å². The van der Waals surface area contributed by atoms with Gasteiger partial charge in [0.2, 0.25) is 0 Å². The fraction of sp³-hybridized carbons (Fsp3) is 0.300. The minimum Gasteiger partial charge on any atom is -0.492 e. The molecule has 80 valence electrons. The monoisotopic (exact) mass is 274 g/mol. The Morgan fingerprint density at radius 2 is 2.40 bits per heavy atom. The van der Waals surface area contributed by atoms with E-state index in [-0.39, 0.29) is 10.4 Å². The molecule has 0 spiro atoms. The van der Waals surface area contributed by atoms with Gasteiger partial charge in [0.05, 0.1) is 17.5 Å². The van der Waals surface area contributed by atoms with E-state index in [1.165, 1.54) is 19.2 Å². The highest BCUT2D eigenvalue weighted by Gasteiger charge is 2.25. The van der Waals surface area contributed by atoms with E-state index in [0.717, 1.165) is 5.56 Å². The van der Waals surface area contributed by atoms with Crippen LogP contribution in [0.5, 0.6) is 5.75 Å². The number of carbonyl (C=O) groups excluding carboxylic acids is 1. The van der Waals surface area contributed by atoms with Crippen molar-refractivity contribution in [2.75, 3.05) is 13.7 Å². The van der Waals surface area contributed by atoms with Crippen molar-refractivity contribution in [3.05, 3.63) is 29.1 Å². The van der Waals surface area contributed by atoms with Gasteiger partial charge in [0.1, 0.15) is 18.2 Å². The number of hydrogen-bond acceptors (Lipinski definition) is 3. The van der Waals surface area contributed by atoms with Crippen molar-refractivity contribution >= 4 is 21.9 Å². The molecular formula is C10H8BrFO3. The highest BCUT2D eigenvalue weighted by molar-refractivity contribution is 9.09. The molecule has 0 amide bonds. The predicted octanol–water partition coefficient (Wildman–Crippen LogP) is 2.44. The van der Waals surface area contributed by atoms with Gasteiger partial charge in [-0.05, 0) is 6.07 Å². The molecule has 0 N–H and O–H groups in total. The van der Waals surface area contributed by atoms with Crippen molar-refractivity contribution < 1.29 is 18.7 Å². The first-order valence-electron chi connectivity index (χ1n) is 4.32. The van der Waals surface area contributed by atoms with Crippen molar-refractivity contribution in [1.29, 1.82) is 0 Å². The van der Waals surface area contributed by atoms with Gasteiger partial charge in [-0.25, -0.2) is 9.18 Å². The second-order valence-corrected chi connectivity index (χ2v) is 4.25. The average molecular weight is 275 g/mol. The zero-order valence-corrected chi connectivity index (χ0v) is 9.51. The van der Waals surface area contributed by atoms with Gasteiger partial charge in [-0.15, -0.1) is 0 Å². The van der Waals surface area contributed by atoms with E-state index in [1.807, 2.05) is 0 Å². The number of alkyl halides is 1. The first-order chi connectivity index (χ1) is 7.13. The van der Waals surface area contributed by atoms with Crippen LogP contribution >= 0.6 is 15.9 Å². The third-order valence-electron chi connectivity index (χ3n) is 2.23. The molecule has 15 heavy (non-hydrogen) atoms. The Morgan fingerprint density at radius 3 is 3.07 bits per heavy atom. The van der Waals surface area contributed by atoms with Crippen LogP contribution in [-0.2, 0) is 4.74 Å². The number of hydrogen-bond donors (Lipinski definition) is 0. The molecule has 1 heterocycles. The van der Waals surface area contributed by atoms with Crippen LogP contribution in [0, 0.1) is 5.82 Å². The minimum absolute atomic E-state index is 0.00324. The zero-order valence-electron chi connectivity index (χ0n) is 7.92. The summed E-state index contributed by atoms with van der Waals surface area (Å²) in [6, 6.07) is 2.67. The summed E-state index contributed by atoms with van der Waals surface area (Å²) in [4.78, 5) is 11.2. The molecule has 1 aliphatic rings. The highest BCUT2D eigenvalue weighted by atomic mass is 79.9. The maximum absolute atomic E-state index is 13.4. The van der Waals surface area contributed by atoms with Crippen LogP contribution in [0.15, 0.2) is 12.1 Å². The standard InChI is InChI=1S/C10H8BrFO3/c1-14-10(13)6-2-5-7(11)4-15-9(5)3-8(6)12/h2-3,7H,4H2,1H3. The van der Waals surface area contributed by atoms with E-state index >= 15 is 0 Å². The molecule has 0 fully saturated rings. The number of ether oxygens (including phenoxy) is 2. The summed E-state index contributed by atoms with van der Waals surface area (Å²) in [7, 11) is 1.22. The van der Waals surface area contributed by atoms with Gasteiger partial charge in [0.25, 0.3) is 0 Å². The number of carbonyl (C=O) groups is 1. The van der Waals surface area contributed by atoms with Gasteiger partial charge < -0.3 is 9.47 Å². The lowest BCUT2D eigenvalue weighted by Gasteiger charge is -2.04. The molecular weight excluding hydrogens is 267 g/mol. The molecule has 2 rings (SSSR count). The summed E-state index contributed by atoms with van der Waals surface area (Å²) < 4.78 is 23.1. The lowest BCUT2D eigenvalue weighted by Crippen LogP contribution is -2.05. The van der Waals surface area contributed by atoms with Crippen molar-refractivity contribution in [1.82, 2.24) is 0 Å². The minimum atomic E-state index is -0.679. The normalized spacial score (nSPS) is 18.2. The van der Waals surface area contributed by atoms with Crippen LogP contribution in [0.2, 0.25) is 0 Å². The lowest BCUT2D eigenvalue weighted by atomic mass is 10.1. The molecule has 0 aliphatic carbocycles. The Hall–Kier alpha value is -1.10. The molecule has 0 saturated carbocycles. The lowest BCUT2D eigenvalue weighted by molar-refractivity contribution is 0.0595. The summed E-state index contributed by atoms with van der Waals surface area (Å²) in [6.45, 7) is 0.444. The van der Waals surface area contributed by atoms with E-state index < -0.39 is 11.8 Å². The molecule has 1 atom stereocenters. The van der Waals surface area contributed by atoms with Crippen molar-refractivity contribution in [3.8, 4) is 5.75 Å². The molecule has 0 aromatic heterocycles. The highest BCUT2D eigenvalue weighted by Crippen LogP contribution is 2.39. The van der Waals surface area contributed by atoms with E-state index in [0.29, 0.717) is 12.4 Å². The Kier molecular flexibility index (Phi) is 2.65. The maximum Gasteiger partial charge on any atom is 0.340 e. The summed E-state index contributed by atoms with van der Waals surface area (Å²) in [5.41, 5.74) is 0.711. The van der Waals surface area contributed by atoms with Gasteiger partial charge >= 0.3 is 5.97 Å². The first kappa shape index (κ1) is 10.4. The van der Waals surface area contributed by atoms with Gasteiger partial charge in [-0.1, -0.05) is 15.9 Å². The molecule has 3 nitrogen and oxygen atoms in total. The van der Waals surface area contributed by atoms with Crippen LogP contribution in [0.3, 0.4) is 0 Å². The SMILES string of the molecule is COC(=O)c1cc2c(cc1F)OCC2Br. The van der Waals surface area contributed by atoms with E-state index in [1.54, 1.807) is 0 Å². The summed E-state index contributed by atoms with van der Waals surface area (Å²) in [5, 5.41) is 0. The third kappa shape index (κ3) is 1.71. The van der Waals surface area contributed by atoms with Gasteiger partial charge in [-0.2, -0.15) is 0 Å². The Morgan fingerprint density at radius 1 is 1.67 bits per heavy atom. The van der Waals surface area contributed by atoms with E-state index in [2.05, 4.69) is 20.7 Å². The number of fused-ring (bicyclic) bond motifs is 1. The smallest absolute Gasteiger partial charge is 0.340 e. The van der Waals surface area contributed by atoms with E-state index in [9.17, 15) is 9.18 Å². The second kappa shape index (κ2) is 3.81. The van der Waals surface area contributed by atoms with Crippen LogP contribution < -0.4 is 4.74 Å². The predicted molar refractivity (Wildman–Crippen MR) is 54.9 cm³/mol. The largest absolute Gasteiger partial charge is 0.492 e. The number of halogens is 2. The number of benzene rings is 1. The summed E-state index contributed by atoms with van der Waals surface area (Å²) >= 11 is 3.37. The Labute approximate surface area is 94.3 Å². The van der Waals surface area contributed by atoms with Gasteiger partial charge in [0.15, 0.2) is 0 Å². The summed E-state index contributed by atoms with van der Waals surface area (Å²) in [6.07, 6.45) is 0. The fourth-order valence-electron chi connectivity index (χ4n) is 1.46. The Balaban J connectivity index is 2.50. The molecule has 0 bridgehead atoms. The maximum atomic E-state index is 13.4. The molecule has 5 heteroatoms. The first-order valence-corrected chi connectivity index (χ1v) is 5.23. The van der Waals surface area contributed by atoms with Crippen molar-refractivity contribution in [2.45, 2.75) is 4.83 Å². The summed E-state index contributed by atoms with van der Waals surface area (Å²) in [5.74, 6) is -0.828. The van der Waals surface area contributed by atoms with Crippen molar-refractivity contribution in [2.24, 2.45) is 0 Å².